The van der Waals surface area contributed by atoms with Crippen LogP contribution in [-0.4, -0.2) is 45.9 Å². The van der Waals surface area contributed by atoms with Crippen LogP contribution >= 0.6 is 0 Å². The molecule has 0 N–H and O–H groups in total. The third-order valence-corrected chi connectivity index (χ3v) is 3.52. The van der Waals surface area contributed by atoms with E-state index in [4.69, 9.17) is 23.7 Å². The average molecular weight is 294 g/mol. The molecule has 1 aromatic rings. The summed E-state index contributed by atoms with van der Waals surface area (Å²) in [4.78, 5) is 0. The predicted octanol–water partition coefficient (Wildman–Crippen LogP) is 2.12. The van der Waals surface area contributed by atoms with Crippen molar-refractivity contribution in [2.24, 2.45) is 0 Å². The molecule has 0 amide bonds. The second-order valence-electron chi connectivity index (χ2n) is 4.81. The van der Waals surface area contributed by atoms with E-state index in [0.29, 0.717) is 12.4 Å². The zero-order valence-corrected chi connectivity index (χ0v) is 12.7. The quantitative estimate of drug-likeness (QED) is 0.804. The second kappa shape index (κ2) is 7.56. The van der Waals surface area contributed by atoms with Gasteiger partial charge in [-0.15, -0.1) is 0 Å². The summed E-state index contributed by atoms with van der Waals surface area (Å²) in [6, 6.07) is 9.91. The standard InChI is InChI=1S/C16H22O5/c1-11-13(20-10-12-8-6-5-7-9-12)14(17-2)15(18-3)16(19-4)21-11/h5-9,13-16H,1,10H2,2-4H3/t13-,14+,15-,16+/m1/s1. The lowest BCUT2D eigenvalue weighted by Gasteiger charge is -2.41. The summed E-state index contributed by atoms with van der Waals surface area (Å²) in [5, 5.41) is 0. The first-order valence-electron chi connectivity index (χ1n) is 6.80. The van der Waals surface area contributed by atoms with E-state index in [2.05, 4.69) is 6.58 Å². The number of hydrogen-bond acceptors (Lipinski definition) is 5. The minimum atomic E-state index is -0.552. The van der Waals surface area contributed by atoms with E-state index in [-0.39, 0.29) is 12.2 Å². The molecule has 0 spiro atoms. The summed E-state index contributed by atoms with van der Waals surface area (Å²) in [7, 11) is 4.76. The van der Waals surface area contributed by atoms with Crippen LogP contribution in [0.5, 0.6) is 0 Å². The average Bonchev–Trinajstić information content (AvgIpc) is 2.53. The van der Waals surface area contributed by atoms with Crippen LogP contribution in [0, 0.1) is 0 Å². The molecule has 1 aliphatic rings. The van der Waals surface area contributed by atoms with Crippen molar-refractivity contribution in [2.75, 3.05) is 21.3 Å². The summed E-state index contributed by atoms with van der Waals surface area (Å²) < 4.78 is 27.8. The van der Waals surface area contributed by atoms with Gasteiger partial charge in [-0.1, -0.05) is 36.9 Å². The van der Waals surface area contributed by atoms with Gasteiger partial charge >= 0.3 is 0 Å². The Labute approximate surface area is 125 Å². The van der Waals surface area contributed by atoms with Crippen LogP contribution in [0.3, 0.4) is 0 Å². The Morgan fingerprint density at radius 1 is 1.00 bits per heavy atom. The van der Waals surface area contributed by atoms with Gasteiger partial charge in [-0.25, -0.2) is 0 Å². The third-order valence-electron chi connectivity index (χ3n) is 3.52. The second-order valence-corrected chi connectivity index (χ2v) is 4.81. The number of methoxy groups -OCH3 is 3. The molecule has 0 radical (unpaired) electrons. The van der Waals surface area contributed by atoms with E-state index in [9.17, 15) is 0 Å². The largest absolute Gasteiger partial charge is 0.464 e. The zero-order valence-electron chi connectivity index (χ0n) is 12.7. The van der Waals surface area contributed by atoms with Crippen molar-refractivity contribution in [3.8, 4) is 0 Å². The first kappa shape index (κ1) is 16.0. The molecule has 2 rings (SSSR count). The molecule has 4 atom stereocenters. The van der Waals surface area contributed by atoms with Gasteiger partial charge in [-0.3, -0.25) is 0 Å². The van der Waals surface area contributed by atoms with Crippen LogP contribution < -0.4 is 0 Å². The van der Waals surface area contributed by atoms with Crippen LogP contribution in [0.1, 0.15) is 5.56 Å². The molecule has 5 nitrogen and oxygen atoms in total. The smallest absolute Gasteiger partial charge is 0.228 e. The minimum absolute atomic E-state index is 0.343. The van der Waals surface area contributed by atoms with Crippen molar-refractivity contribution < 1.29 is 23.7 Å². The van der Waals surface area contributed by atoms with Crippen LogP contribution in [0.4, 0.5) is 0 Å². The van der Waals surface area contributed by atoms with Gasteiger partial charge in [0.25, 0.3) is 0 Å². The van der Waals surface area contributed by atoms with Gasteiger partial charge in [0.05, 0.1) is 6.61 Å². The summed E-state index contributed by atoms with van der Waals surface area (Å²) in [6.45, 7) is 4.36. The maximum Gasteiger partial charge on any atom is 0.228 e. The van der Waals surface area contributed by atoms with Crippen molar-refractivity contribution in [3.63, 3.8) is 0 Å². The summed E-state index contributed by atoms with van der Waals surface area (Å²) in [6.07, 6.45) is -1.69. The van der Waals surface area contributed by atoms with E-state index in [1.807, 2.05) is 30.3 Å². The van der Waals surface area contributed by atoms with E-state index in [1.165, 1.54) is 0 Å². The molecule has 0 aromatic heterocycles. The summed E-state index contributed by atoms with van der Waals surface area (Å²) in [5.74, 6) is 0.484. The monoisotopic (exact) mass is 294 g/mol. The molecule has 0 unspecified atom stereocenters. The Bertz CT molecular complexity index is 447. The fourth-order valence-corrected chi connectivity index (χ4v) is 2.43. The minimum Gasteiger partial charge on any atom is -0.464 e. The molecule has 116 valence electrons. The van der Waals surface area contributed by atoms with Crippen LogP contribution in [0.15, 0.2) is 42.7 Å². The highest BCUT2D eigenvalue weighted by Gasteiger charge is 2.45. The SMILES string of the molecule is C=C1O[C@H](OC)[C@H](OC)[C@@H](OC)[C@@H]1OCc1ccccc1. The van der Waals surface area contributed by atoms with E-state index in [1.54, 1.807) is 21.3 Å². The first-order valence-corrected chi connectivity index (χ1v) is 6.80. The van der Waals surface area contributed by atoms with Crippen LogP contribution in [0.2, 0.25) is 0 Å². The molecule has 5 heteroatoms. The Morgan fingerprint density at radius 2 is 1.67 bits per heavy atom. The molecule has 1 aliphatic heterocycles. The van der Waals surface area contributed by atoms with Gasteiger partial charge < -0.3 is 23.7 Å². The lowest BCUT2D eigenvalue weighted by molar-refractivity contribution is -0.255. The van der Waals surface area contributed by atoms with Gasteiger partial charge in [-0.05, 0) is 5.56 Å². The Morgan fingerprint density at radius 3 is 2.24 bits per heavy atom. The van der Waals surface area contributed by atoms with E-state index < -0.39 is 12.4 Å². The van der Waals surface area contributed by atoms with Crippen molar-refractivity contribution >= 4 is 0 Å². The molecule has 1 saturated heterocycles. The zero-order chi connectivity index (χ0) is 15.2. The maximum atomic E-state index is 5.92. The molecule has 0 aliphatic carbocycles. The molecule has 0 saturated carbocycles. The third kappa shape index (κ3) is 3.63. The molecule has 21 heavy (non-hydrogen) atoms. The number of benzene rings is 1. The van der Waals surface area contributed by atoms with Crippen molar-refractivity contribution in [2.45, 2.75) is 31.2 Å². The Hall–Kier alpha value is -1.40. The lowest BCUT2D eigenvalue weighted by Crippen LogP contribution is -2.54. The van der Waals surface area contributed by atoms with Gasteiger partial charge in [0.15, 0.2) is 0 Å². The highest BCUT2D eigenvalue weighted by molar-refractivity contribution is 5.14. The van der Waals surface area contributed by atoms with Crippen LogP contribution in [-0.2, 0) is 30.3 Å². The highest BCUT2D eigenvalue weighted by atomic mass is 16.7. The number of ether oxygens (including phenoxy) is 5. The summed E-state index contributed by atoms with van der Waals surface area (Å²) in [5.41, 5.74) is 1.07. The first-order chi connectivity index (χ1) is 10.2. The summed E-state index contributed by atoms with van der Waals surface area (Å²) >= 11 is 0. The Kier molecular flexibility index (Phi) is 5.76. The van der Waals surface area contributed by atoms with Crippen LogP contribution in [0.25, 0.3) is 0 Å². The van der Waals surface area contributed by atoms with E-state index >= 15 is 0 Å². The highest BCUT2D eigenvalue weighted by Crippen LogP contribution is 2.29. The fraction of sp³-hybridized carbons (Fsp3) is 0.500. The lowest BCUT2D eigenvalue weighted by atomic mass is 10.0. The predicted molar refractivity (Wildman–Crippen MR) is 77.6 cm³/mol. The maximum absolute atomic E-state index is 5.92. The molecule has 0 bridgehead atoms. The van der Waals surface area contributed by atoms with Gasteiger partial charge in [0, 0.05) is 21.3 Å². The van der Waals surface area contributed by atoms with Crippen molar-refractivity contribution in [3.05, 3.63) is 48.2 Å². The van der Waals surface area contributed by atoms with Gasteiger partial charge in [0.1, 0.15) is 24.1 Å². The Balaban J connectivity index is 2.07. The molecule has 1 fully saturated rings. The fourth-order valence-electron chi connectivity index (χ4n) is 2.43. The van der Waals surface area contributed by atoms with Gasteiger partial charge in [0.2, 0.25) is 6.29 Å². The number of rotatable bonds is 6. The van der Waals surface area contributed by atoms with Crippen molar-refractivity contribution in [1.82, 2.24) is 0 Å². The van der Waals surface area contributed by atoms with E-state index in [0.717, 1.165) is 5.56 Å². The molecular weight excluding hydrogens is 272 g/mol. The normalized spacial score (nSPS) is 29.2. The topological polar surface area (TPSA) is 46.2 Å². The molecule has 1 aromatic carbocycles. The molecule has 1 heterocycles. The number of hydrogen-bond donors (Lipinski definition) is 0. The van der Waals surface area contributed by atoms with Crippen molar-refractivity contribution in [1.29, 1.82) is 0 Å². The molecular formula is C16H22O5. The van der Waals surface area contributed by atoms with Gasteiger partial charge in [-0.2, -0.15) is 0 Å².